The first-order valence-corrected chi connectivity index (χ1v) is 9.86. The number of benzene rings is 1. The smallest absolute Gasteiger partial charge is 0.316 e. The third-order valence-corrected chi connectivity index (χ3v) is 5.22. The fraction of sp³-hybridized carbons (Fsp3) is 0.235. The molecule has 0 saturated heterocycles. The van der Waals surface area contributed by atoms with Crippen LogP contribution in [0, 0.1) is 0 Å². The van der Waals surface area contributed by atoms with Gasteiger partial charge in [-0.3, -0.25) is 9.36 Å². The van der Waals surface area contributed by atoms with Gasteiger partial charge in [-0.15, -0.1) is 10.2 Å². The molecule has 3 aromatic rings. The van der Waals surface area contributed by atoms with Crippen molar-refractivity contribution >= 4 is 29.5 Å². The molecule has 140 valence electrons. The highest BCUT2D eigenvalue weighted by Crippen LogP contribution is 2.27. The summed E-state index contributed by atoms with van der Waals surface area (Å²) >= 11 is 2.73. The number of methoxy groups -OCH3 is 2. The first kappa shape index (κ1) is 19.2. The Morgan fingerprint density at radius 1 is 1.07 bits per heavy atom. The number of carbonyl (C=O) groups excluding carboxylic acids is 1. The Morgan fingerprint density at radius 2 is 1.81 bits per heavy atom. The van der Waals surface area contributed by atoms with Gasteiger partial charge in [-0.05, 0) is 30.3 Å². The molecule has 1 aromatic carbocycles. The zero-order chi connectivity index (χ0) is 19.1. The quantitative estimate of drug-likeness (QED) is 0.320. The van der Waals surface area contributed by atoms with E-state index in [1.165, 1.54) is 30.6 Å². The van der Waals surface area contributed by atoms with E-state index in [0.29, 0.717) is 16.1 Å². The lowest BCUT2D eigenvalue weighted by molar-refractivity contribution is -0.137. The summed E-state index contributed by atoms with van der Waals surface area (Å²) < 4.78 is 11.8. The number of rotatable bonds is 8. The summed E-state index contributed by atoms with van der Waals surface area (Å²) in [6, 6.07) is 9.32. The van der Waals surface area contributed by atoms with E-state index in [2.05, 4.69) is 20.2 Å². The molecule has 0 radical (unpaired) electrons. The van der Waals surface area contributed by atoms with Gasteiger partial charge in [-0.2, -0.15) is 0 Å². The minimum atomic E-state index is -0.321. The molecule has 0 saturated carbocycles. The van der Waals surface area contributed by atoms with Crippen LogP contribution < -0.4 is 4.74 Å². The molecule has 0 aliphatic heterocycles. The van der Waals surface area contributed by atoms with Crippen molar-refractivity contribution < 1.29 is 14.3 Å². The lowest BCUT2D eigenvalue weighted by atomic mass is 10.3. The standard InChI is InChI=1S/C17H17N5O3S2/c1-24-13-6-4-12(5-7-13)22-14(10-26-16-18-8-3-9-19-16)20-21-17(22)27-11-15(23)25-2/h3-9H,10-11H2,1-2H3. The molecule has 0 spiro atoms. The van der Waals surface area contributed by atoms with E-state index in [1.807, 2.05) is 28.8 Å². The van der Waals surface area contributed by atoms with Crippen LogP contribution in [0.5, 0.6) is 5.75 Å². The first-order chi connectivity index (χ1) is 13.2. The lowest BCUT2D eigenvalue weighted by Gasteiger charge is -2.10. The number of esters is 1. The normalized spacial score (nSPS) is 10.6. The molecule has 0 aliphatic rings. The van der Waals surface area contributed by atoms with Crippen molar-refractivity contribution in [3.8, 4) is 11.4 Å². The van der Waals surface area contributed by atoms with Crippen molar-refractivity contribution in [1.29, 1.82) is 0 Å². The molecule has 10 heteroatoms. The van der Waals surface area contributed by atoms with Gasteiger partial charge in [0.1, 0.15) is 11.6 Å². The summed E-state index contributed by atoms with van der Waals surface area (Å²) in [6.45, 7) is 0. The molecule has 0 amide bonds. The summed E-state index contributed by atoms with van der Waals surface area (Å²) in [5, 5.41) is 9.79. The monoisotopic (exact) mass is 403 g/mol. The van der Waals surface area contributed by atoms with Crippen molar-refractivity contribution in [1.82, 2.24) is 24.7 Å². The van der Waals surface area contributed by atoms with Crippen LogP contribution in [0.4, 0.5) is 0 Å². The number of nitrogens with zero attached hydrogens (tertiary/aromatic N) is 5. The van der Waals surface area contributed by atoms with E-state index >= 15 is 0 Å². The molecule has 0 aliphatic carbocycles. The Morgan fingerprint density at radius 3 is 2.48 bits per heavy atom. The molecule has 27 heavy (non-hydrogen) atoms. The van der Waals surface area contributed by atoms with E-state index in [4.69, 9.17) is 9.47 Å². The molecule has 2 aromatic heterocycles. The predicted octanol–water partition coefficient (Wildman–Crippen LogP) is 2.62. The number of hydrogen-bond donors (Lipinski definition) is 0. The minimum Gasteiger partial charge on any atom is -0.497 e. The van der Waals surface area contributed by atoms with Gasteiger partial charge in [-0.1, -0.05) is 23.5 Å². The van der Waals surface area contributed by atoms with Gasteiger partial charge < -0.3 is 9.47 Å². The Bertz CT molecular complexity index is 887. The van der Waals surface area contributed by atoms with E-state index < -0.39 is 0 Å². The van der Waals surface area contributed by atoms with E-state index in [-0.39, 0.29) is 11.7 Å². The molecule has 8 nitrogen and oxygen atoms in total. The number of thioether (sulfide) groups is 2. The van der Waals surface area contributed by atoms with Crippen LogP contribution >= 0.6 is 23.5 Å². The van der Waals surface area contributed by atoms with E-state index in [0.717, 1.165) is 17.3 Å². The SMILES string of the molecule is COC(=O)CSc1nnc(CSc2ncccn2)n1-c1ccc(OC)cc1. The molecule has 0 N–H and O–H groups in total. The number of ether oxygens (including phenoxy) is 2. The average Bonchev–Trinajstić information content (AvgIpc) is 3.14. The molecule has 2 heterocycles. The summed E-state index contributed by atoms with van der Waals surface area (Å²) in [5.74, 6) is 1.84. The van der Waals surface area contributed by atoms with Crippen LogP contribution in [0.2, 0.25) is 0 Å². The third kappa shape index (κ3) is 4.98. The Kier molecular flexibility index (Phi) is 6.66. The summed E-state index contributed by atoms with van der Waals surface area (Å²) in [6.07, 6.45) is 3.39. The summed E-state index contributed by atoms with van der Waals surface area (Å²) in [7, 11) is 2.98. The van der Waals surface area contributed by atoms with Crippen molar-refractivity contribution in [2.45, 2.75) is 16.1 Å². The second-order valence-corrected chi connectivity index (χ2v) is 7.00. The Balaban J connectivity index is 1.87. The highest BCUT2D eigenvalue weighted by molar-refractivity contribution is 7.99. The first-order valence-electron chi connectivity index (χ1n) is 7.89. The maximum absolute atomic E-state index is 11.5. The van der Waals surface area contributed by atoms with Crippen LogP contribution in [0.25, 0.3) is 5.69 Å². The van der Waals surface area contributed by atoms with Crippen LogP contribution in [0.15, 0.2) is 53.0 Å². The Hall–Kier alpha value is -2.59. The second kappa shape index (κ2) is 9.38. The minimum absolute atomic E-state index is 0.153. The van der Waals surface area contributed by atoms with Gasteiger partial charge in [-0.25, -0.2) is 9.97 Å². The Labute approximate surface area is 164 Å². The maximum Gasteiger partial charge on any atom is 0.316 e. The fourth-order valence-electron chi connectivity index (χ4n) is 2.15. The fourth-order valence-corrected chi connectivity index (χ4v) is 3.67. The van der Waals surface area contributed by atoms with Crippen LogP contribution in [-0.2, 0) is 15.3 Å². The van der Waals surface area contributed by atoms with Gasteiger partial charge >= 0.3 is 5.97 Å². The van der Waals surface area contributed by atoms with Gasteiger partial charge in [0.25, 0.3) is 0 Å². The van der Waals surface area contributed by atoms with Crippen LogP contribution in [-0.4, -0.2) is 50.7 Å². The maximum atomic E-state index is 11.5. The molecule has 0 atom stereocenters. The molecular formula is C17H17N5O3S2. The third-order valence-electron chi connectivity index (χ3n) is 3.45. The van der Waals surface area contributed by atoms with Crippen molar-refractivity contribution in [3.63, 3.8) is 0 Å². The molecule has 0 unspecified atom stereocenters. The van der Waals surface area contributed by atoms with Gasteiger partial charge in [0.15, 0.2) is 10.3 Å². The largest absolute Gasteiger partial charge is 0.497 e. The van der Waals surface area contributed by atoms with Crippen LogP contribution in [0.1, 0.15) is 5.82 Å². The molecule has 0 fully saturated rings. The lowest BCUT2D eigenvalue weighted by Crippen LogP contribution is -2.06. The number of aromatic nitrogens is 5. The molecule has 3 rings (SSSR count). The van der Waals surface area contributed by atoms with Gasteiger partial charge in [0, 0.05) is 18.1 Å². The van der Waals surface area contributed by atoms with E-state index in [1.54, 1.807) is 25.6 Å². The van der Waals surface area contributed by atoms with Crippen molar-refractivity contribution in [2.75, 3.05) is 20.0 Å². The summed E-state index contributed by atoms with van der Waals surface area (Å²) in [4.78, 5) is 19.9. The predicted molar refractivity (Wildman–Crippen MR) is 102 cm³/mol. The molecular weight excluding hydrogens is 386 g/mol. The zero-order valence-electron chi connectivity index (χ0n) is 14.7. The highest BCUT2D eigenvalue weighted by Gasteiger charge is 2.17. The van der Waals surface area contributed by atoms with Gasteiger partial charge in [0.05, 0.1) is 25.7 Å². The average molecular weight is 403 g/mol. The zero-order valence-corrected chi connectivity index (χ0v) is 16.4. The summed E-state index contributed by atoms with van der Waals surface area (Å²) in [5.41, 5.74) is 0.873. The number of carbonyl (C=O) groups is 1. The van der Waals surface area contributed by atoms with Crippen molar-refractivity contribution in [3.05, 3.63) is 48.5 Å². The highest BCUT2D eigenvalue weighted by atomic mass is 32.2. The van der Waals surface area contributed by atoms with Crippen molar-refractivity contribution in [2.24, 2.45) is 0 Å². The van der Waals surface area contributed by atoms with E-state index in [9.17, 15) is 4.79 Å². The van der Waals surface area contributed by atoms with Gasteiger partial charge in [0.2, 0.25) is 0 Å². The molecule has 0 bridgehead atoms. The van der Waals surface area contributed by atoms with Crippen LogP contribution in [0.3, 0.4) is 0 Å². The number of hydrogen-bond acceptors (Lipinski definition) is 9. The topological polar surface area (TPSA) is 92.0 Å². The second-order valence-electron chi connectivity index (χ2n) is 5.12.